The summed E-state index contributed by atoms with van der Waals surface area (Å²) in [5.74, 6) is 0. The topological polar surface area (TPSA) is 0 Å². The van der Waals surface area contributed by atoms with Crippen LogP contribution >= 0.6 is 15.9 Å². The van der Waals surface area contributed by atoms with E-state index in [4.69, 9.17) is 0 Å². The number of allylic oxidation sites excluding steroid dienone is 5. The molecule has 0 atom stereocenters. The van der Waals surface area contributed by atoms with Gasteiger partial charge in [-0.2, -0.15) is 0 Å². The van der Waals surface area contributed by atoms with E-state index in [1.807, 2.05) is 48.3 Å². The summed E-state index contributed by atoms with van der Waals surface area (Å²) in [4.78, 5) is 1.93. The molecule has 0 aliphatic rings. The van der Waals surface area contributed by atoms with Crippen LogP contribution in [0.25, 0.3) is 5.57 Å². The van der Waals surface area contributed by atoms with Gasteiger partial charge in [0, 0.05) is 0 Å². The minimum Gasteiger partial charge on any atom is -0.0877 e. The second-order valence-electron chi connectivity index (χ2n) is 2.82. The third-order valence-electron chi connectivity index (χ3n) is 1.80. The molecule has 0 N–H and O–H groups in total. The highest BCUT2D eigenvalue weighted by Crippen LogP contribution is 2.16. The van der Waals surface area contributed by atoms with Crippen LogP contribution in [0.5, 0.6) is 0 Å². The van der Waals surface area contributed by atoms with Crippen molar-refractivity contribution < 1.29 is 0 Å². The molecule has 0 radical (unpaired) electrons. The minimum atomic E-state index is 1.17. The molecule has 0 saturated heterocycles. The van der Waals surface area contributed by atoms with Crippen LogP contribution in [0, 0.1) is 0 Å². The first-order valence-electron chi connectivity index (χ1n) is 4.53. The van der Waals surface area contributed by atoms with Crippen LogP contribution in [0.2, 0.25) is 0 Å². The van der Waals surface area contributed by atoms with Gasteiger partial charge >= 0.3 is 0 Å². The first-order valence-corrected chi connectivity index (χ1v) is 5.45. The third-order valence-corrected chi connectivity index (χ3v) is 2.30. The predicted molar refractivity (Wildman–Crippen MR) is 67.3 cm³/mol. The SMILES string of the molecule is C\C=C/C=C\C(=C\Br)c1ccccc1. The van der Waals surface area contributed by atoms with E-state index < -0.39 is 0 Å². The summed E-state index contributed by atoms with van der Waals surface area (Å²) in [5, 5.41) is 0. The molecule has 14 heavy (non-hydrogen) atoms. The molecule has 0 amide bonds. The van der Waals surface area contributed by atoms with Crippen molar-refractivity contribution in [2.75, 3.05) is 0 Å². The molecule has 0 bridgehead atoms. The van der Waals surface area contributed by atoms with Gasteiger partial charge in [0.15, 0.2) is 0 Å². The maximum Gasteiger partial charge on any atom is -0.0110 e. The van der Waals surface area contributed by atoms with Gasteiger partial charge in [-0.15, -0.1) is 0 Å². The maximum atomic E-state index is 3.37. The average molecular weight is 249 g/mol. The van der Waals surface area contributed by atoms with Gasteiger partial charge in [-0.1, -0.05) is 70.6 Å². The van der Waals surface area contributed by atoms with Crippen LogP contribution in [0.4, 0.5) is 0 Å². The zero-order valence-corrected chi connectivity index (χ0v) is 9.74. The molecule has 0 spiro atoms. The molecule has 0 nitrogen and oxygen atoms in total. The summed E-state index contributed by atoms with van der Waals surface area (Å²) in [5.41, 5.74) is 2.38. The van der Waals surface area contributed by atoms with Gasteiger partial charge in [-0.25, -0.2) is 0 Å². The van der Waals surface area contributed by atoms with Crippen LogP contribution < -0.4 is 0 Å². The van der Waals surface area contributed by atoms with E-state index in [1.54, 1.807) is 0 Å². The molecule has 0 fully saturated rings. The molecular formula is C13H13Br. The lowest BCUT2D eigenvalue weighted by molar-refractivity contribution is 1.62. The monoisotopic (exact) mass is 248 g/mol. The smallest absolute Gasteiger partial charge is 0.0110 e. The molecule has 72 valence electrons. The molecule has 1 heteroatoms. The highest BCUT2D eigenvalue weighted by atomic mass is 79.9. The van der Waals surface area contributed by atoms with Crippen molar-refractivity contribution >= 4 is 21.5 Å². The number of rotatable bonds is 3. The highest BCUT2D eigenvalue weighted by molar-refractivity contribution is 9.11. The van der Waals surface area contributed by atoms with Gasteiger partial charge in [0.25, 0.3) is 0 Å². The van der Waals surface area contributed by atoms with Crippen LogP contribution in [0.3, 0.4) is 0 Å². The molecule has 0 saturated carbocycles. The van der Waals surface area contributed by atoms with Crippen molar-refractivity contribution in [3.8, 4) is 0 Å². The second-order valence-corrected chi connectivity index (χ2v) is 3.27. The fourth-order valence-corrected chi connectivity index (χ4v) is 1.51. The highest BCUT2D eigenvalue weighted by Gasteiger charge is 1.93. The summed E-state index contributed by atoms with van der Waals surface area (Å²) in [6.07, 6.45) is 8.12. The third kappa shape index (κ3) is 3.35. The van der Waals surface area contributed by atoms with Crippen molar-refractivity contribution in [1.29, 1.82) is 0 Å². The van der Waals surface area contributed by atoms with Crippen LogP contribution in [0.1, 0.15) is 12.5 Å². The van der Waals surface area contributed by atoms with Crippen molar-refractivity contribution in [3.63, 3.8) is 0 Å². The summed E-state index contributed by atoms with van der Waals surface area (Å²) in [7, 11) is 0. The maximum absolute atomic E-state index is 3.37. The Kier molecular flexibility index (Phi) is 5.02. The van der Waals surface area contributed by atoms with Crippen molar-refractivity contribution in [1.82, 2.24) is 0 Å². The molecule has 0 heterocycles. The van der Waals surface area contributed by atoms with E-state index in [1.165, 1.54) is 11.1 Å². The molecule has 0 unspecified atom stereocenters. The zero-order valence-electron chi connectivity index (χ0n) is 8.15. The van der Waals surface area contributed by atoms with Gasteiger partial charge in [0.05, 0.1) is 0 Å². The standard InChI is InChI=1S/C13H13Br/c1-2-3-5-10-13(11-14)12-8-6-4-7-9-12/h2-11H,1H3/b3-2-,10-5-,13-11-. The Labute approximate surface area is 93.8 Å². The van der Waals surface area contributed by atoms with Gasteiger partial charge in [-0.3, -0.25) is 0 Å². The number of halogens is 1. The van der Waals surface area contributed by atoms with Crippen molar-refractivity contribution in [2.24, 2.45) is 0 Å². The fourth-order valence-electron chi connectivity index (χ4n) is 1.10. The lowest BCUT2D eigenvalue weighted by atomic mass is 10.1. The van der Waals surface area contributed by atoms with Gasteiger partial charge < -0.3 is 0 Å². The van der Waals surface area contributed by atoms with E-state index in [-0.39, 0.29) is 0 Å². The van der Waals surface area contributed by atoms with E-state index in [0.717, 1.165) is 0 Å². The van der Waals surface area contributed by atoms with Crippen molar-refractivity contribution in [3.05, 3.63) is 65.2 Å². The van der Waals surface area contributed by atoms with Crippen LogP contribution in [-0.4, -0.2) is 0 Å². The molecule has 0 aromatic heterocycles. The fraction of sp³-hybridized carbons (Fsp3) is 0.0769. The Hall–Kier alpha value is -1.08. The lowest BCUT2D eigenvalue weighted by Crippen LogP contribution is -1.77. The largest absolute Gasteiger partial charge is 0.0877 e. The second kappa shape index (κ2) is 6.39. The van der Waals surface area contributed by atoms with Crippen molar-refractivity contribution in [2.45, 2.75) is 6.92 Å². The molecule has 1 aromatic rings. The Morgan fingerprint density at radius 3 is 2.43 bits per heavy atom. The van der Waals surface area contributed by atoms with E-state index in [0.29, 0.717) is 0 Å². The number of hydrogen-bond donors (Lipinski definition) is 0. The Morgan fingerprint density at radius 2 is 1.86 bits per heavy atom. The quantitative estimate of drug-likeness (QED) is 0.689. The first-order chi connectivity index (χ1) is 6.88. The van der Waals surface area contributed by atoms with E-state index >= 15 is 0 Å². The Balaban J connectivity index is 2.85. The Bertz CT molecular complexity index is 345. The summed E-state index contributed by atoms with van der Waals surface area (Å²) < 4.78 is 0. The molecule has 0 aliphatic carbocycles. The van der Waals surface area contributed by atoms with E-state index in [9.17, 15) is 0 Å². The number of benzene rings is 1. The summed E-state index contributed by atoms with van der Waals surface area (Å²) in [6.45, 7) is 2.00. The van der Waals surface area contributed by atoms with Gasteiger partial charge in [-0.05, 0) is 23.0 Å². The molecule has 0 aliphatic heterocycles. The van der Waals surface area contributed by atoms with E-state index in [2.05, 4.69) is 34.1 Å². The lowest BCUT2D eigenvalue weighted by Gasteiger charge is -1.99. The normalized spacial score (nSPS) is 12.9. The average Bonchev–Trinajstić information content (AvgIpc) is 2.26. The minimum absolute atomic E-state index is 1.17. The molecule has 1 rings (SSSR count). The number of hydrogen-bond acceptors (Lipinski definition) is 0. The van der Waals surface area contributed by atoms with Crippen LogP contribution in [-0.2, 0) is 0 Å². The summed E-state index contributed by atoms with van der Waals surface area (Å²) >= 11 is 3.37. The van der Waals surface area contributed by atoms with Crippen LogP contribution in [0.15, 0.2) is 59.6 Å². The van der Waals surface area contributed by atoms with Gasteiger partial charge in [0.2, 0.25) is 0 Å². The molecule has 1 aromatic carbocycles. The zero-order chi connectivity index (χ0) is 10.2. The first kappa shape index (κ1) is 11.0. The molecular weight excluding hydrogens is 236 g/mol. The van der Waals surface area contributed by atoms with Gasteiger partial charge in [0.1, 0.15) is 0 Å². The Morgan fingerprint density at radius 1 is 1.14 bits per heavy atom. The predicted octanol–water partition coefficient (Wildman–Crippen LogP) is 4.55. The summed E-state index contributed by atoms with van der Waals surface area (Å²) in [6, 6.07) is 10.3.